The summed E-state index contributed by atoms with van der Waals surface area (Å²) in [6, 6.07) is -0.414. The molecule has 0 spiro atoms. The fraction of sp³-hybridized carbons (Fsp3) is 0.882. The molecular weight excluding hydrogens is 280 g/mol. The zero-order valence-electron chi connectivity index (χ0n) is 13.5. The highest BCUT2D eigenvalue weighted by Crippen LogP contribution is 2.50. The number of fused-ring (bicyclic) bond motifs is 2. The predicted molar refractivity (Wildman–Crippen MR) is 83.0 cm³/mol. The van der Waals surface area contributed by atoms with E-state index in [2.05, 4.69) is 10.6 Å². The van der Waals surface area contributed by atoms with Crippen LogP contribution in [0.3, 0.4) is 0 Å². The summed E-state index contributed by atoms with van der Waals surface area (Å²) in [6.07, 6.45) is 7.78. The summed E-state index contributed by atoms with van der Waals surface area (Å²) < 4.78 is 0. The maximum absolute atomic E-state index is 12.8. The van der Waals surface area contributed by atoms with E-state index in [9.17, 15) is 14.7 Å². The van der Waals surface area contributed by atoms with E-state index in [1.807, 2.05) is 6.92 Å². The van der Waals surface area contributed by atoms with Crippen molar-refractivity contribution >= 4 is 11.8 Å². The maximum Gasteiger partial charge on any atom is 0.242 e. The number of carbonyl (C=O) groups is 2. The average molecular weight is 308 g/mol. The first-order valence-electron chi connectivity index (χ1n) is 8.71. The van der Waals surface area contributed by atoms with Crippen molar-refractivity contribution in [1.82, 2.24) is 10.6 Å². The Balaban J connectivity index is 1.69. The van der Waals surface area contributed by atoms with Crippen LogP contribution in [0.1, 0.15) is 64.7 Å². The highest BCUT2D eigenvalue weighted by Gasteiger charge is 2.50. The summed E-state index contributed by atoms with van der Waals surface area (Å²) in [6.45, 7) is 2.66. The Hall–Kier alpha value is -1.10. The van der Waals surface area contributed by atoms with Crippen molar-refractivity contribution in [3.63, 3.8) is 0 Å². The van der Waals surface area contributed by atoms with Crippen molar-refractivity contribution < 1.29 is 14.7 Å². The molecule has 5 heteroatoms. The highest BCUT2D eigenvalue weighted by molar-refractivity contribution is 5.90. The molecule has 2 bridgehead atoms. The largest absolute Gasteiger partial charge is 0.390 e. The van der Waals surface area contributed by atoms with Crippen LogP contribution < -0.4 is 10.6 Å². The van der Waals surface area contributed by atoms with Gasteiger partial charge in [-0.05, 0) is 50.9 Å². The van der Waals surface area contributed by atoms with E-state index in [1.165, 1.54) is 0 Å². The van der Waals surface area contributed by atoms with Gasteiger partial charge in [-0.1, -0.05) is 19.8 Å². The first-order valence-corrected chi connectivity index (χ1v) is 8.71. The molecule has 4 atom stereocenters. The van der Waals surface area contributed by atoms with Crippen molar-refractivity contribution in [2.75, 3.05) is 6.54 Å². The number of carbonyl (C=O) groups excluding carboxylic acids is 2. The lowest BCUT2D eigenvalue weighted by Gasteiger charge is -2.49. The van der Waals surface area contributed by atoms with E-state index in [4.69, 9.17) is 0 Å². The topological polar surface area (TPSA) is 78.4 Å². The van der Waals surface area contributed by atoms with Gasteiger partial charge < -0.3 is 15.7 Å². The molecule has 0 aromatic heterocycles. The van der Waals surface area contributed by atoms with Gasteiger partial charge in [-0.3, -0.25) is 9.59 Å². The summed E-state index contributed by atoms with van der Waals surface area (Å²) in [5, 5.41) is 16.6. The molecule has 1 saturated heterocycles. The molecular formula is C17H28N2O3. The van der Waals surface area contributed by atoms with E-state index < -0.39 is 17.1 Å². The number of amides is 2. The maximum atomic E-state index is 12.8. The van der Waals surface area contributed by atoms with Crippen LogP contribution in [0, 0.1) is 11.3 Å². The molecule has 3 aliphatic rings. The molecule has 5 nitrogen and oxygen atoms in total. The normalized spacial score (nSPS) is 42.2. The molecule has 2 saturated carbocycles. The second-order valence-electron chi connectivity index (χ2n) is 7.94. The first-order chi connectivity index (χ1) is 10.4. The Kier molecular flexibility index (Phi) is 4.19. The first kappa shape index (κ1) is 15.8. The van der Waals surface area contributed by atoms with Crippen LogP contribution in [-0.2, 0) is 9.59 Å². The Morgan fingerprint density at radius 1 is 1.27 bits per heavy atom. The van der Waals surface area contributed by atoms with Crippen LogP contribution in [0.4, 0.5) is 0 Å². The van der Waals surface area contributed by atoms with Gasteiger partial charge in [0.15, 0.2) is 0 Å². The lowest BCUT2D eigenvalue weighted by Crippen LogP contribution is -2.55. The Labute approximate surface area is 132 Å². The van der Waals surface area contributed by atoms with Gasteiger partial charge in [0.05, 0.1) is 5.60 Å². The second-order valence-corrected chi connectivity index (χ2v) is 7.94. The summed E-state index contributed by atoms with van der Waals surface area (Å²) in [5.74, 6) is 0.315. The van der Waals surface area contributed by atoms with Crippen LogP contribution in [0.15, 0.2) is 0 Å². The van der Waals surface area contributed by atoms with Gasteiger partial charge >= 0.3 is 0 Å². The molecule has 2 aliphatic carbocycles. The number of nitrogens with one attached hydrogen (secondary N) is 2. The van der Waals surface area contributed by atoms with Crippen molar-refractivity contribution in [3.8, 4) is 0 Å². The lowest BCUT2D eigenvalue weighted by molar-refractivity contribution is -0.148. The number of aliphatic hydroxyl groups is 1. The number of hydrogen-bond donors (Lipinski definition) is 3. The summed E-state index contributed by atoms with van der Waals surface area (Å²) >= 11 is 0. The average Bonchev–Trinajstić information content (AvgIpc) is 2.62. The minimum Gasteiger partial charge on any atom is -0.390 e. The zero-order valence-corrected chi connectivity index (χ0v) is 13.5. The Morgan fingerprint density at radius 2 is 2.09 bits per heavy atom. The molecule has 124 valence electrons. The molecule has 1 aliphatic heterocycles. The van der Waals surface area contributed by atoms with E-state index in [0.717, 1.165) is 44.9 Å². The number of rotatable bonds is 2. The fourth-order valence-electron chi connectivity index (χ4n) is 4.81. The molecule has 3 unspecified atom stereocenters. The summed E-state index contributed by atoms with van der Waals surface area (Å²) in [5.41, 5.74) is -1.23. The second kappa shape index (κ2) is 5.84. The number of hydrogen-bond acceptors (Lipinski definition) is 3. The molecule has 3 rings (SSSR count). The van der Waals surface area contributed by atoms with Gasteiger partial charge in [0, 0.05) is 12.0 Å². The molecule has 3 fully saturated rings. The van der Waals surface area contributed by atoms with Crippen molar-refractivity contribution in [1.29, 1.82) is 0 Å². The van der Waals surface area contributed by atoms with Gasteiger partial charge in [0.25, 0.3) is 0 Å². The third kappa shape index (κ3) is 3.14. The zero-order chi connectivity index (χ0) is 15.8. The van der Waals surface area contributed by atoms with Gasteiger partial charge in [-0.15, -0.1) is 0 Å². The smallest absolute Gasteiger partial charge is 0.242 e. The Bertz CT molecular complexity index is 467. The fourth-order valence-corrected chi connectivity index (χ4v) is 4.81. The van der Waals surface area contributed by atoms with Gasteiger partial charge in [0.2, 0.25) is 11.8 Å². The quantitative estimate of drug-likeness (QED) is 0.723. The summed E-state index contributed by atoms with van der Waals surface area (Å²) in [4.78, 5) is 24.8. The molecule has 0 radical (unpaired) electrons. The standard InChI is InChI=1S/C17H28N2O3/c1-16(9-12-5-4-7-17(22,10-12)11-16)15(21)19-13-6-2-3-8-18-14(13)20/h12-13,22H,2-11H2,1H3,(H,18,20)(H,19,21)/t12?,13-,16?,17?/m0/s1. The van der Waals surface area contributed by atoms with Crippen molar-refractivity contribution in [3.05, 3.63) is 0 Å². The van der Waals surface area contributed by atoms with Crippen LogP contribution >= 0.6 is 0 Å². The lowest BCUT2D eigenvalue weighted by atomic mass is 9.59. The van der Waals surface area contributed by atoms with Gasteiger partial charge in [0.1, 0.15) is 6.04 Å². The van der Waals surface area contributed by atoms with E-state index in [-0.39, 0.29) is 11.8 Å². The molecule has 0 aromatic carbocycles. The van der Waals surface area contributed by atoms with Gasteiger partial charge in [-0.2, -0.15) is 0 Å². The SMILES string of the molecule is CC1(C(=O)N[C@H]2CCCCNC2=O)CC2CCCC(O)(C2)C1. The predicted octanol–water partition coefficient (Wildman–Crippen LogP) is 1.49. The molecule has 22 heavy (non-hydrogen) atoms. The van der Waals surface area contributed by atoms with E-state index >= 15 is 0 Å². The monoisotopic (exact) mass is 308 g/mol. The minimum atomic E-state index is -0.682. The third-order valence-electron chi connectivity index (χ3n) is 5.77. The summed E-state index contributed by atoms with van der Waals surface area (Å²) in [7, 11) is 0. The highest BCUT2D eigenvalue weighted by atomic mass is 16.3. The molecule has 1 heterocycles. The van der Waals surface area contributed by atoms with Crippen LogP contribution in [0.25, 0.3) is 0 Å². The van der Waals surface area contributed by atoms with E-state index in [1.54, 1.807) is 0 Å². The minimum absolute atomic E-state index is 0.0559. The van der Waals surface area contributed by atoms with Crippen molar-refractivity contribution in [2.45, 2.75) is 76.4 Å². The molecule has 3 N–H and O–H groups in total. The Morgan fingerprint density at radius 3 is 2.86 bits per heavy atom. The van der Waals surface area contributed by atoms with Crippen molar-refractivity contribution in [2.24, 2.45) is 11.3 Å². The third-order valence-corrected chi connectivity index (χ3v) is 5.77. The van der Waals surface area contributed by atoms with Crippen LogP contribution in [-0.4, -0.2) is 35.1 Å². The van der Waals surface area contributed by atoms with E-state index in [0.29, 0.717) is 25.3 Å². The molecule has 2 amide bonds. The molecule has 0 aromatic rings. The van der Waals surface area contributed by atoms with Crippen LogP contribution in [0.2, 0.25) is 0 Å². The van der Waals surface area contributed by atoms with Crippen LogP contribution in [0.5, 0.6) is 0 Å². The van der Waals surface area contributed by atoms with Gasteiger partial charge in [-0.25, -0.2) is 0 Å².